The maximum absolute atomic E-state index is 11.8. The molecule has 0 aromatic heterocycles. The first kappa shape index (κ1) is 18.3. The number of benzene rings is 3. The van der Waals surface area contributed by atoms with E-state index in [2.05, 4.69) is 0 Å². The Bertz CT molecular complexity index is 1190. The van der Waals surface area contributed by atoms with Gasteiger partial charge in [-0.15, -0.1) is 0 Å². The first-order valence-electron chi connectivity index (χ1n) is 8.92. The lowest BCUT2D eigenvalue weighted by atomic mass is 9.91. The summed E-state index contributed by atoms with van der Waals surface area (Å²) in [7, 11) is -3.26. The molecule has 0 unspecified atom stereocenters. The molecule has 0 saturated heterocycles. The van der Waals surface area contributed by atoms with Gasteiger partial charge in [-0.1, -0.05) is 24.3 Å². The molecule has 0 amide bonds. The summed E-state index contributed by atoms with van der Waals surface area (Å²) in [6.45, 7) is 1.86. The summed E-state index contributed by atoms with van der Waals surface area (Å²) in [5, 5.41) is 9.89. The second-order valence-corrected chi connectivity index (χ2v) is 9.01. The van der Waals surface area contributed by atoms with Crippen molar-refractivity contribution in [2.24, 2.45) is 0 Å². The van der Waals surface area contributed by atoms with Gasteiger partial charge in [0.25, 0.3) is 0 Å². The van der Waals surface area contributed by atoms with E-state index in [9.17, 15) is 13.5 Å². The summed E-state index contributed by atoms with van der Waals surface area (Å²) in [5.41, 5.74) is 4.64. The van der Waals surface area contributed by atoms with Gasteiger partial charge in [-0.2, -0.15) is 0 Å². The number of hydrogen-bond donors (Lipinski definition) is 1. The number of fused-ring (bicyclic) bond motifs is 1. The molecule has 1 heterocycles. The standard InChI is InChI=1S/C23H20O4S/c1-15-13-17(9-12-21(15)24)20-14-18-5-3-4-6-22(18)27-23(20)16-7-10-19(11-8-16)28(2,25)26/h3-13,24H,14H2,1-2H3. The molecule has 4 rings (SSSR count). The lowest BCUT2D eigenvalue weighted by Gasteiger charge is -2.24. The van der Waals surface area contributed by atoms with E-state index in [1.807, 2.05) is 43.3 Å². The van der Waals surface area contributed by atoms with Gasteiger partial charge in [0.1, 0.15) is 17.3 Å². The third kappa shape index (κ3) is 3.41. The van der Waals surface area contributed by atoms with Gasteiger partial charge in [0.05, 0.1) is 4.90 Å². The molecule has 1 N–H and O–H groups in total. The zero-order chi connectivity index (χ0) is 19.9. The number of rotatable bonds is 3. The summed E-state index contributed by atoms with van der Waals surface area (Å²) in [5.74, 6) is 1.74. The molecule has 3 aromatic carbocycles. The summed E-state index contributed by atoms with van der Waals surface area (Å²) < 4.78 is 29.8. The molecular formula is C23H20O4S. The molecule has 142 valence electrons. The fraction of sp³-hybridized carbons (Fsp3) is 0.130. The summed E-state index contributed by atoms with van der Waals surface area (Å²) in [6.07, 6.45) is 1.88. The van der Waals surface area contributed by atoms with Crippen molar-refractivity contribution >= 4 is 21.2 Å². The summed E-state index contributed by atoms with van der Waals surface area (Å²) in [4.78, 5) is 0.273. The van der Waals surface area contributed by atoms with Crippen LogP contribution in [0.2, 0.25) is 0 Å². The normalized spacial score (nSPS) is 13.8. The van der Waals surface area contributed by atoms with Gasteiger partial charge in [0, 0.05) is 23.8 Å². The molecule has 0 radical (unpaired) electrons. The molecule has 1 aliphatic heterocycles. The molecule has 28 heavy (non-hydrogen) atoms. The van der Waals surface area contributed by atoms with Crippen LogP contribution < -0.4 is 4.74 Å². The first-order chi connectivity index (χ1) is 13.3. The van der Waals surface area contributed by atoms with Crippen LogP contribution >= 0.6 is 0 Å². The van der Waals surface area contributed by atoms with Crippen molar-refractivity contribution in [3.63, 3.8) is 0 Å². The lowest BCUT2D eigenvalue weighted by Crippen LogP contribution is -2.09. The minimum atomic E-state index is -3.26. The third-order valence-corrected chi connectivity index (χ3v) is 6.04. The molecule has 0 fully saturated rings. The number of sulfone groups is 1. The maximum Gasteiger partial charge on any atom is 0.175 e. The molecular weight excluding hydrogens is 372 g/mol. The van der Waals surface area contributed by atoms with Crippen LogP contribution in [0.1, 0.15) is 22.3 Å². The number of phenolic OH excluding ortho intramolecular Hbond substituents is 1. The molecule has 0 aliphatic carbocycles. The number of hydrogen-bond acceptors (Lipinski definition) is 4. The van der Waals surface area contributed by atoms with E-state index >= 15 is 0 Å². The van der Waals surface area contributed by atoms with Crippen LogP contribution in [0.5, 0.6) is 11.5 Å². The molecule has 0 spiro atoms. The highest BCUT2D eigenvalue weighted by molar-refractivity contribution is 7.90. The molecule has 4 nitrogen and oxygen atoms in total. The Hall–Kier alpha value is -3.05. The quantitative estimate of drug-likeness (QED) is 0.707. The van der Waals surface area contributed by atoms with E-state index in [-0.39, 0.29) is 10.6 Å². The van der Waals surface area contributed by atoms with Crippen molar-refractivity contribution < 1.29 is 18.3 Å². The molecule has 0 saturated carbocycles. The third-order valence-electron chi connectivity index (χ3n) is 4.92. The maximum atomic E-state index is 11.8. The van der Waals surface area contributed by atoms with Gasteiger partial charge >= 0.3 is 0 Å². The molecule has 5 heteroatoms. The van der Waals surface area contributed by atoms with Crippen LogP contribution in [0.4, 0.5) is 0 Å². The van der Waals surface area contributed by atoms with Gasteiger partial charge < -0.3 is 9.84 Å². The minimum absolute atomic E-state index is 0.250. The van der Waals surface area contributed by atoms with Crippen molar-refractivity contribution in [2.45, 2.75) is 18.2 Å². The monoisotopic (exact) mass is 392 g/mol. The minimum Gasteiger partial charge on any atom is -0.508 e. The Morgan fingerprint density at radius 1 is 0.929 bits per heavy atom. The molecule has 3 aromatic rings. The average molecular weight is 392 g/mol. The average Bonchev–Trinajstić information content (AvgIpc) is 2.68. The van der Waals surface area contributed by atoms with E-state index in [0.717, 1.165) is 33.6 Å². The van der Waals surface area contributed by atoms with Crippen LogP contribution in [0, 0.1) is 6.92 Å². The van der Waals surface area contributed by atoms with E-state index < -0.39 is 9.84 Å². The first-order valence-corrected chi connectivity index (χ1v) is 10.8. The zero-order valence-electron chi connectivity index (χ0n) is 15.6. The Kier molecular flexibility index (Phi) is 4.47. The Morgan fingerprint density at radius 3 is 2.29 bits per heavy atom. The second kappa shape index (κ2) is 6.84. The number of phenols is 1. The van der Waals surface area contributed by atoms with Crippen molar-refractivity contribution in [1.82, 2.24) is 0 Å². The van der Waals surface area contributed by atoms with Crippen LogP contribution in [0.3, 0.4) is 0 Å². The summed E-state index contributed by atoms with van der Waals surface area (Å²) >= 11 is 0. The number of allylic oxidation sites excluding steroid dienone is 1. The van der Waals surface area contributed by atoms with Crippen LogP contribution in [0.15, 0.2) is 71.6 Å². The van der Waals surface area contributed by atoms with Crippen molar-refractivity contribution in [1.29, 1.82) is 0 Å². The van der Waals surface area contributed by atoms with Gasteiger partial charge in [0.2, 0.25) is 0 Å². The van der Waals surface area contributed by atoms with Gasteiger partial charge in [-0.05, 0) is 66.1 Å². The van der Waals surface area contributed by atoms with E-state index in [0.29, 0.717) is 12.2 Å². The van der Waals surface area contributed by atoms with E-state index in [1.54, 1.807) is 30.3 Å². The smallest absolute Gasteiger partial charge is 0.175 e. The predicted molar refractivity (Wildman–Crippen MR) is 110 cm³/mol. The highest BCUT2D eigenvalue weighted by atomic mass is 32.2. The van der Waals surface area contributed by atoms with Crippen molar-refractivity contribution in [2.75, 3.05) is 6.26 Å². The molecule has 0 bridgehead atoms. The van der Waals surface area contributed by atoms with Gasteiger partial charge in [0.15, 0.2) is 9.84 Å². The lowest BCUT2D eigenvalue weighted by molar-refractivity contribution is 0.471. The highest BCUT2D eigenvalue weighted by Crippen LogP contribution is 2.39. The highest BCUT2D eigenvalue weighted by Gasteiger charge is 2.23. The SMILES string of the molecule is Cc1cc(C2=C(c3ccc(S(C)(=O)=O)cc3)Oc3ccccc3C2)ccc1O. The van der Waals surface area contributed by atoms with Crippen molar-refractivity contribution in [3.8, 4) is 11.5 Å². The van der Waals surface area contributed by atoms with Crippen LogP contribution in [0.25, 0.3) is 11.3 Å². The topological polar surface area (TPSA) is 63.6 Å². The number of aryl methyl sites for hydroxylation is 1. The largest absolute Gasteiger partial charge is 0.508 e. The van der Waals surface area contributed by atoms with E-state index in [4.69, 9.17) is 4.74 Å². The number of aromatic hydroxyl groups is 1. The Morgan fingerprint density at radius 2 is 1.61 bits per heavy atom. The number of para-hydroxylation sites is 1. The van der Waals surface area contributed by atoms with E-state index in [1.165, 1.54) is 6.26 Å². The molecule has 0 atom stereocenters. The zero-order valence-corrected chi connectivity index (χ0v) is 16.5. The second-order valence-electron chi connectivity index (χ2n) is 6.99. The van der Waals surface area contributed by atoms with Crippen molar-refractivity contribution in [3.05, 3.63) is 89.0 Å². The Balaban J connectivity index is 1.87. The van der Waals surface area contributed by atoms with Crippen LogP contribution in [-0.2, 0) is 16.3 Å². The van der Waals surface area contributed by atoms with Crippen LogP contribution in [-0.4, -0.2) is 19.8 Å². The Labute approximate surface area is 164 Å². The van der Waals surface area contributed by atoms with Gasteiger partial charge in [-0.25, -0.2) is 8.42 Å². The fourth-order valence-electron chi connectivity index (χ4n) is 3.35. The summed E-state index contributed by atoms with van der Waals surface area (Å²) in [6, 6.07) is 20.1. The van der Waals surface area contributed by atoms with Gasteiger partial charge in [-0.3, -0.25) is 0 Å². The fourth-order valence-corrected chi connectivity index (χ4v) is 3.99. The predicted octanol–water partition coefficient (Wildman–Crippen LogP) is 4.61. The number of ether oxygens (including phenoxy) is 1. The molecule has 1 aliphatic rings.